The third-order valence-corrected chi connectivity index (χ3v) is 5.65. The third-order valence-electron chi connectivity index (χ3n) is 5.65. The molecule has 2 bridgehead atoms. The van der Waals surface area contributed by atoms with Crippen molar-refractivity contribution in [1.29, 1.82) is 0 Å². The maximum Gasteiger partial charge on any atom is 0.327 e. The zero-order valence-corrected chi connectivity index (χ0v) is 17.0. The van der Waals surface area contributed by atoms with Crippen molar-refractivity contribution in [3.63, 3.8) is 0 Å². The molecule has 31 heavy (non-hydrogen) atoms. The van der Waals surface area contributed by atoms with E-state index in [0.29, 0.717) is 5.82 Å². The number of aliphatic imine (C=N–C) groups is 1. The highest BCUT2D eigenvalue weighted by molar-refractivity contribution is 6.04. The minimum atomic E-state index is -0.572. The second-order valence-corrected chi connectivity index (χ2v) is 7.60. The number of benzene rings is 1. The number of carbonyl (C=O) groups is 1. The SMILES string of the molecule is C/N=C/c1cccc(-c2ccc3c(n2)N(C(=O)Nc2ccncc2F)[C@H]2CCN3C2)c1. The summed E-state index contributed by atoms with van der Waals surface area (Å²) in [6.07, 6.45) is 5.15. The molecular weight excluding hydrogens is 395 g/mol. The molecule has 1 atom stereocenters. The fourth-order valence-electron chi connectivity index (χ4n) is 4.21. The summed E-state index contributed by atoms with van der Waals surface area (Å²) in [5.74, 6) is 0.0185. The van der Waals surface area contributed by atoms with Crippen LogP contribution in [0.4, 0.5) is 26.4 Å². The van der Waals surface area contributed by atoms with Crippen molar-refractivity contribution in [3.05, 3.63) is 66.2 Å². The van der Waals surface area contributed by atoms with Crippen molar-refractivity contribution >= 4 is 29.4 Å². The average Bonchev–Trinajstić information content (AvgIpc) is 3.20. The molecule has 2 aromatic heterocycles. The minimum Gasteiger partial charge on any atom is -0.366 e. The summed E-state index contributed by atoms with van der Waals surface area (Å²) >= 11 is 0. The molecule has 2 aliphatic rings. The first kappa shape index (κ1) is 19.2. The topological polar surface area (TPSA) is 73.7 Å². The number of pyridine rings is 2. The molecule has 1 N–H and O–H groups in total. The standard InChI is InChI=1S/C23H21FN6O/c1-25-12-15-3-2-4-16(11-15)19-5-6-21-22(27-19)30(17-8-10-29(21)14-17)23(31)28-20-7-9-26-13-18(20)24/h2-7,9,11-13,17H,8,10,14H2,1H3,(H,26,28,31)/b25-12+/t17-/m0/s1. The van der Waals surface area contributed by atoms with E-state index in [0.717, 1.165) is 48.2 Å². The quantitative estimate of drug-likeness (QED) is 0.656. The van der Waals surface area contributed by atoms with Crippen LogP contribution < -0.4 is 15.1 Å². The number of halogens is 1. The minimum absolute atomic E-state index is 0.0151. The zero-order valence-electron chi connectivity index (χ0n) is 17.0. The highest BCUT2D eigenvalue weighted by atomic mass is 19.1. The summed E-state index contributed by atoms with van der Waals surface area (Å²) < 4.78 is 14.1. The van der Waals surface area contributed by atoms with Crippen molar-refractivity contribution in [2.24, 2.45) is 4.99 Å². The Labute approximate surface area is 179 Å². The monoisotopic (exact) mass is 416 g/mol. The van der Waals surface area contributed by atoms with E-state index >= 15 is 0 Å². The molecule has 5 rings (SSSR count). The molecule has 2 aliphatic heterocycles. The van der Waals surface area contributed by atoms with Gasteiger partial charge in [-0.25, -0.2) is 14.2 Å². The van der Waals surface area contributed by atoms with Crippen LogP contribution in [0.15, 0.2) is 59.9 Å². The molecule has 0 aliphatic carbocycles. The molecule has 156 valence electrons. The number of rotatable bonds is 3. The van der Waals surface area contributed by atoms with Gasteiger partial charge in [-0.05, 0) is 36.2 Å². The maximum atomic E-state index is 14.1. The highest BCUT2D eigenvalue weighted by Crippen LogP contribution is 2.40. The van der Waals surface area contributed by atoms with E-state index < -0.39 is 11.8 Å². The Kier molecular flexibility index (Phi) is 4.82. The summed E-state index contributed by atoms with van der Waals surface area (Å²) in [6, 6.07) is 12.9. The number of aromatic nitrogens is 2. The van der Waals surface area contributed by atoms with Crippen molar-refractivity contribution in [3.8, 4) is 11.3 Å². The first-order valence-electron chi connectivity index (χ1n) is 10.1. The Bertz CT molecular complexity index is 1180. The molecule has 7 nitrogen and oxygen atoms in total. The number of urea groups is 1. The number of nitrogens with one attached hydrogen (secondary N) is 1. The number of nitrogens with zero attached hydrogens (tertiary/aromatic N) is 5. The van der Waals surface area contributed by atoms with Crippen LogP contribution in [0, 0.1) is 5.82 Å². The van der Waals surface area contributed by atoms with Crippen LogP contribution in [-0.4, -0.2) is 48.4 Å². The van der Waals surface area contributed by atoms with Crippen LogP contribution >= 0.6 is 0 Å². The van der Waals surface area contributed by atoms with Crippen LogP contribution in [0.1, 0.15) is 12.0 Å². The Morgan fingerprint density at radius 1 is 1.29 bits per heavy atom. The van der Waals surface area contributed by atoms with Gasteiger partial charge in [0.25, 0.3) is 0 Å². The number of fused-ring (bicyclic) bond motifs is 4. The van der Waals surface area contributed by atoms with E-state index in [9.17, 15) is 9.18 Å². The van der Waals surface area contributed by atoms with Crippen molar-refractivity contribution in [1.82, 2.24) is 9.97 Å². The molecule has 1 aromatic carbocycles. The molecule has 0 unspecified atom stereocenters. The number of hydrogen-bond acceptors (Lipinski definition) is 5. The van der Waals surface area contributed by atoms with E-state index in [4.69, 9.17) is 4.98 Å². The first-order chi connectivity index (χ1) is 15.1. The average molecular weight is 416 g/mol. The van der Waals surface area contributed by atoms with Gasteiger partial charge in [-0.15, -0.1) is 0 Å². The summed E-state index contributed by atoms with van der Waals surface area (Å²) in [6.45, 7) is 1.59. The lowest BCUT2D eigenvalue weighted by molar-refractivity contribution is 0.254. The number of amides is 2. The van der Waals surface area contributed by atoms with E-state index in [1.807, 2.05) is 36.4 Å². The normalized spacial score (nSPS) is 17.2. The predicted octanol–water partition coefficient (Wildman–Crippen LogP) is 3.96. The van der Waals surface area contributed by atoms with Gasteiger partial charge in [-0.1, -0.05) is 18.2 Å². The summed E-state index contributed by atoms with van der Waals surface area (Å²) in [5.41, 5.74) is 3.69. The summed E-state index contributed by atoms with van der Waals surface area (Å²) in [7, 11) is 1.73. The van der Waals surface area contributed by atoms with Gasteiger partial charge in [-0.2, -0.15) is 0 Å². The van der Waals surface area contributed by atoms with E-state index in [1.54, 1.807) is 18.2 Å². The molecule has 0 spiro atoms. The Morgan fingerprint density at radius 3 is 3.03 bits per heavy atom. The lowest BCUT2D eigenvalue weighted by atomic mass is 10.1. The van der Waals surface area contributed by atoms with Gasteiger partial charge >= 0.3 is 6.03 Å². The van der Waals surface area contributed by atoms with E-state index in [-0.39, 0.29) is 11.7 Å². The third kappa shape index (κ3) is 3.50. The summed E-state index contributed by atoms with van der Waals surface area (Å²) in [5, 5.41) is 2.68. The Morgan fingerprint density at radius 2 is 2.19 bits per heavy atom. The second kappa shape index (κ2) is 7.79. The Hall–Kier alpha value is -3.81. The smallest absolute Gasteiger partial charge is 0.327 e. The van der Waals surface area contributed by atoms with Gasteiger partial charge in [0.2, 0.25) is 0 Å². The maximum absolute atomic E-state index is 14.1. The van der Waals surface area contributed by atoms with Crippen LogP contribution in [-0.2, 0) is 0 Å². The molecule has 8 heteroatoms. The molecule has 1 saturated heterocycles. The molecule has 2 amide bonds. The predicted molar refractivity (Wildman–Crippen MR) is 120 cm³/mol. The van der Waals surface area contributed by atoms with Crippen LogP contribution in [0.5, 0.6) is 0 Å². The zero-order chi connectivity index (χ0) is 21.4. The fourth-order valence-corrected chi connectivity index (χ4v) is 4.21. The molecular formula is C23H21FN6O. The van der Waals surface area contributed by atoms with Gasteiger partial charge in [0.15, 0.2) is 11.6 Å². The largest absolute Gasteiger partial charge is 0.366 e. The van der Waals surface area contributed by atoms with Crippen molar-refractivity contribution in [2.45, 2.75) is 12.5 Å². The highest BCUT2D eigenvalue weighted by Gasteiger charge is 2.40. The van der Waals surface area contributed by atoms with E-state index in [1.165, 1.54) is 12.3 Å². The van der Waals surface area contributed by atoms with Gasteiger partial charge in [-0.3, -0.25) is 14.9 Å². The second-order valence-electron chi connectivity index (χ2n) is 7.60. The van der Waals surface area contributed by atoms with Crippen LogP contribution in [0.25, 0.3) is 11.3 Å². The Balaban J connectivity index is 1.53. The number of hydrogen-bond donors (Lipinski definition) is 1. The lowest BCUT2D eigenvalue weighted by Gasteiger charge is -2.36. The van der Waals surface area contributed by atoms with Crippen LogP contribution in [0.3, 0.4) is 0 Å². The van der Waals surface area contributed by atoms with Crippen molar-refractivity contribution in [2.75, 3.05) is 35.3 Å². The lowest BCUT2D eigenvalue weighted by Crippen LogP contribution is -2.48. The molecule has 3 aromatic rings. The molecule has 0 radical (unpaired) electrons. The van der Waals surface area contributed by atoms with Crippen LogP contribution in [0.2, 0.25) is 0 Å². The summed E-state index contributed by atoms with van der Waals surface area (Å²) in [4.78, 5) is 29.8. The fraction of sp³-hybridized carbons (Fsp3) is 0.217. The van der Waals surface area contributed by atoms with Gasteiger partial charge in [0.1, 0.15) is 0 Å². The number of anilines is 3. The number of carbonyl (C=O) groups excluding carboxylic acids is 1. The molecule has 0 saturated carbocycles. The molecule has 4 heterocycles. The van der Waals surface area contributed by atoms with Gasteiger partial charge in [0, 0.05) is 38.1 Å². The molecule has 1 fully saturated rings. The van der Waals surface area contributed by atoms with Crippen molar-refractivity contribution < 1.29 is 9.18 Å². The first-order valence-corrected chi connectivity index (χ1v) is 10.1. The van der Waals surface area contributed by atoms with E-state index in [2.05, 4.69) is 20.2 Å². The van der Waals surface area contributed by atoms with Gasteiger partial charge < -0.3 is 10.2 Å². The van der Waals surface area contributed by atoms with Gasteiger partial charge in [0.05, 0.1) is 29.3 Å².